The summed E-state index contributed by atoms with van der Waals surface area (Å²) >= 11 is 0. The van der Waals surface area contributed by atoms with Gasteiger partial charge in [-0.05, 0) is 37.3 Å². The van der Waals surface area contributed by atoms with Gasteiger partial charge in [0.25, 0.3) is 16.4 Å². The lowest BCUT2D eigenvalue weighted by Crippen LogP contribution is -2.11. The summed E-state index contributed by atoms with van der Waals surface area (Å²) in [7, 11) is -3.93. The molecule has 0 bridgehead atoms. The summed E-state index contributed by atoms with van der Waals surface area (Å²) in [6.45, 7) is 6.99. The Morgan fingerprint density at radius 2 is 1.67 bits per heavy atom. The van der Waals surface area contributed by atoms with Crippen molar-refractivity contribution in [1.29, 1.82) is 0 Å². The van der Waals surface area contributed by atoms with E-state index in [-0.39, 0.29) is 10.5 Å². The van der Waals surface area contributed by atoms with Crippen LogP contribution in [0.4, 0.5) is 8.78 Å². The molecule has 21 heavy (non-hydrogen) atoms. The van der Waals surface area contributed by atoms with Crippen molar-refractivity contribution in [2.24, 2.45) is 0 Å². The van der Waals surface area contributed by atoms with E-state index in [0.29, 0.717) is 0 Å². The molecule has 0 spiro atoms. The second-order valence-electron chi connectivity index (χ2n) is 4.53. The lowest BCUT2D eigenvalue weighted by atomic mass is 10.2. The SMILES string of the molecule is C#[N+]C(c1ccc(F)c(F)c1)S(=O)(=O)c1ccc(C)cc1. The number of halogens is 2. The van der Waals surface area contributed by atoms with Crippen LogP contribution in [0, 0.1) is 25.1 Å². The van der Waals surface area contributed by atoms with Crippen molar-refractivity contribution in [3.05, 3.63) is 70.1 Å². The molecule has 0 heterocycles. The van der Waals surface area contributed by atoms with Gasteiger partial charge in [-0.3, -0.25) is 0 Å². The first kappa shape index (κ1) is 15.1. The molecule has 2 rings (SSSR count). The Hall–Kier alpha value is -2.26. The molecule has 2 aromatic carbocycles. The number of aryl methyl sites for hydroxylation is 1. The molecule has 108 valence electrons. The molecule has 0 saturated heterocycles. The van der Waals surface area contributed by atoms with E-state index in [9.17, 15) is 17.2 Å². The van der Waals surface area contributed by atoms with Gasteiger partial charge < -0.3 is 0 Å². The largest absolute Gasteiger partial charge is 0.398 e. The van der Waals surface area contributed by atoms with Crippen LogP contribution in [0.1, 0.15) is 16.5 Å². The maximum atomic E-state index is 13.3. The summed E-state index contributed by atoms with van der Waals surface area (Å²) in [4.78, 5) is 3.33. The summed E-state index contributed by atoms with van der Waals surface area (Å²) in [6.07, 6.45) is 0. The van der Waals surface area contributed by atoms with Gasteiger partial charge in [0.15, 0.2) is 11.6 Å². The third kappa shape index (κ3) is 2.93. The van der Waals surface area contributed by atoms with Gasteiger partial charge in [-0.1, -0.05) is 22.5 Å². The highest BCUT2D eigenvalue weighted by Gasteiger charge is 2.38. The van der Waals surface area contributed by atoms with E-state index in [1.807, 2.05) is 6.92 Å². The fraction of sp³-hybridized carbons (Fsp3) is 0.133. The molecule has 0 aromatic heterocycles. The number of benzene rings is 2. The van der Waals surface area contributed by atoms with Gasteiger partial charge in [0, 0.05) is 0 Å². The summed E-state index contributed by atoms with van der Waals surface area (Å²) in [5.74, 6) is -2.22. The molecule has 0 aliphatic rings. The van der Waals surface area contributed by atoms with Gasteiger partial charge in [0.05, 0.1) is 10.5 Å². The fourth-order valence-corrected chi connectivity index (χ4v) is 3.31. The van der Waals surface area contributed by atoms with Gasteiger partial charge in [0.1, 0.15) is 0 Å². The third-order valence-electron chi connectivity index (χ3n) is 3.01. The Kier molecular flexibility index (Phi) is 4.05. The summed E-state index contributed by atoms with van der Waals surface area (Å²) in [6, 6.07) is 8.86. The average molecular weight is 308 g/mol. The minimum absolute atomic E-state index is 0.0111. The standard InChI is InChI=1S/C15H12F2NO2S/c1-10-3-6-12(7-4-10)21(19,20)15(18-2)11-5-8-13(16)14(17)9-11/h2-9,15H,1H3/q+1. The summed E-state index contributed by atoms with van der Waals surface area (Å²) < 4.78 is 51.2. The number of sulfone groups is 1. The van der Waals surface area contributed by atoms with E-state index < -0.39 is 26.8 Å². The van der Waals surface area contributed by atoms with E-state index in [1.54, 1.807) is 12.1 Å². The first-order valence-electron chi connectivity index (χ1n) is 6.02. The minimum Gasteiger partial charge on any atom is -0.215 e. The quantitative estimate of drug-likeness (QED) is 0.867. The molecule has 0 fully saturated rings. The Morgan fingerprint density at radius 3 is 2.19 bits per heavy atom. The molecule has 0 radical (unpaired) electrons. The molecule has 6 heteroatoms. The molecule has 0 aliphatic carbocycles. The van der Waals surface area contributed by atoms with Crippen LogP contribution in [0.3, 0.4) is 0 Å². The Balaban J connectivity index is 2.52. The zero-order valence-electron chi connectivity index (χ0n) is 11.1. The highest BCUT2D eigenvalue weighted by atomic mass is 32.2. The van der Waals surface area contributed by atoms with E-state index >= 15 is 0 Å². The number of hydrogen-bond acceptors (Lipinski definition) is 2. The van der Waals surface area contributed by atoms with Crippen LogP contribution in [0.15, 0.2) is 47.4 Å². The van der Waals surface area contributed by atoms with Crippen molar-refractivity contribution in [2.45, 2.75) is 17.2 Å². The predicted molar refractivity (Wildman–Crippen MR) is 75.8 cm³/mol. The zero-order valence-corrected chi connectivity index (χ0v) is 11.9. The Bertz CT molecular complexity index is 809. The first-order valence-corrected chi connectivity index (χ1v) is 7.56. The third-order valence-corrected chi connectivity index (χ3v) is 4.92. The van der Waals surface area contributed by atoms with E-state index in [4.69, 9.17) is 6.57 Å². The van der Waals surface area contributed by atoms with Crippen LogP contribution in [0.2, 0.25) is 0 Å². The lowest BCUT2D eigenvalue weighted by molar-refractivity contribution is 0.507. The van der Waals surface area contributed by atoms with Gasteiger partial charge in [-0.15, -0.1) is 0 Å². The molecule has 0 N–H and O–H groups in total. The monoisotopic (exact) mass is 308 g/mol. The number of hydrogen-bond donors (Lipinski definition) is 0. The summed E-state index contributed by atoms with van der Waals surface area (Å²) in [5, 5.41) is -1.49. The fourth-order valence-electron chi connectivity index (χ4n) is 1.87. The molecule has 0 amide bonds. The molecule has 0 aliphatic heterocycles. The molecular weight excluding hydrogens is 296 g/mol. The van der Waals surface area contributed by atoms with Crippen LogP contribution < -0.4 is 0 Å². The Morgan fingerprint density at radius 1 is 1.05 bits per heavy atom. The number of nitrogens with zero attached hydrogens (tertiary/aromatic N) is 1. The van der Waals surface area contributed by atoms with Gasteiger partial charge >= 0.3 is 5.37 Å². The van der Waals surface area contributed by atoms with Crippen LogP contribution in [0.25, 0.3) is 4.85 Å². The molecule has 3 nitrogen and oxygen atoms in total. The number of rotatable bonds is 3. The van der Waals surface area contributed by atoms with E-state index in [2.05, 4.69) is 4.85 Å². The topological polar surface area (TPSA) is 38.5 Å². The Labute approximate surface area is 121 Å². The summed E-state index contributed by atoms with van der Waals surface area (Å²) in [5.41, 5.74) is 0.861. The maximum absolute atomic E-state index is 13.3. The maximum Gasteiger partial charge on any atom is 0.398 e. The average Bonchev–Trinajstić information content (AvgIpc) is 2.44. The molecule has 0 saturated carbocycles. The van der Waals surface area contributed by atoms with Crippen LogP contribution in [-0.4, -0.2) is 8.42 Å². The van der Waals surface area contributed by atoms with Gasteiger partial charge in [-0.25, -0.2) is 17.2 Å². The smallest absolute Gasteiger partial charge is 0.215 e. The van der Waals surface area contributed by atoms with Crippen LogP contribution >= 0.6 is 0 Å². The van der Waals surface area contributed by atoms with Gasteiger partial charge in [0.2, 0.25) is 0 Å². The molecule has 1 unspecified atom stereocenters. The highest BCUT2D eigenvalue weighted by molar-refractivity contribution is 7.91. The predicted octanol–water partition coefficient (Wildman–Crippen LogP) is 3.71. The molecular formula is C15H12F2NO2S+. The highest BCUT2D eigenvalue weighted by Crippen LogP contribution is 2.31. The first-order chi connectivity index (χ1) is 9.86. The lowest BCUT2D eigenvalue weighted by Gasteiger charge is -2.06. The van der Waals surface area contributed by atoms with E-state index in [0.717, 1.165) is 23.8 Å². The second-order valence-corrected chi connectivity index (χ2v) is 6.54. The van der Waals surface area contributed by atoms with Crippen molar-refractivity contribution in [3.8, 4) is 6.57 Å². The molecule has 2 aromatic rings. The molecule has 1 atom stereocenters. The van der Waals surface area contributed by atoms with Crippen LogP contribution in [-0.2, 0) is 9.84 Å². The second kappa shape index (κ2) is 5.62. The van der Waals surface area contributed by atoms with E-state index in [1.165, 1.54) is 12.1 Å². The normalized spacial score (nSPS) is 12.7. The van der Waals surface area contributed by atoms with Crippen LogP contribution in [0.5, 0.6) is 0 Å². The van der Waals surface area contributed by atoms with Crippen molar-refractivity contribution in [1.82, 2.24) is 0 Å². The zero-order chi connectivity index (χ0) is 15.6. The van der Waals surface area contributed by atoms with Crippen molar-refractivity contribution in [3.63, 3.8) is 0 Å². The van der Waals surface area contributed by atoms with Crippen molar-refractivity contribution < 1.29 is 17.2 Å². The minimum atomic E-state index is -3.93. The van der Waals surface area contributed by atoms with Gasteiger partial charge in [-0.2, -0.15) is 0 Å². The van der Waals surface area contributed by atoms with Crippen molar-refractivity contribution in [2.75, 3.05) is 0 Å². The van der Waals surface area contributed by atoms with Crippen molar-refractivity contribution >= 4 is 9.84 Å².